The van der Waals surface area contributed by atoms with Gasteiger partial charge in [-0.05, 0) is 44.0 Å². The molecule has 29 heavy (non-hydrogen) atoms. The highest BCUT2D eigenvalue weighted by atomic mass is 19.1. The summed E-state index contributed by atoms with van der Waals surface area (Å²) in [4.78, 5) is 11.8. The maximum Gasteiger partial charge on any atom is 0.407 e. The van der Waals surface area contributed by atoms with E-state index in [1.54, 1.807) is 10.7 Å². The highest BCUT2D eigenvalue weighted by Gasteiger charge is 2.17. The van der Waals surface area contributed by atoms with Gasteiger partial charge in [-0.3, -0.25) is 4.68 Å². The van der Waals surface area contributed by atoms with E-state index in [4.69, 9.17) is 15.2 Å². The molecule has 0 spiro atoms. The molecule has 0 unspecified atom stereocenters. The molecule has 0 aliphatic heterocycles. The van der Waals surface area contributed by atoms with Crippen molar-refractivity contribution in [3.8, 4) is 5.75 Å². The Kier molecular flexibility index (Phi) is 5.63. The van der Waals surface area contributed by atoms with Gasteiger partial charge in [0.25, 0.3) is 0 Å². The van der Waals surface area contributed by atoms with Crippen LogP contribution in [0.4, 0.5) is 15.0 Å². The summed E-state index contributed by atoms with van der Waals surface area (Å²) >= 11 is 0. The van der Waals surface area contributed by atoms with Crippen molar-refractivity contribution in [2.75, 3.05) is 12.8 Å². The minimum atomic E-state index is -0.548. The molecule has 3 aromatic rings. The Hall–Kier alpha value is -3.29. The Morgan fingerprint density at radius 3 is 2.66 bits per heavy atom. The van der Waals surface area contributed by atoms with Crippen LogP contribution in [0.25, 0.3) is 10.9 Å². The Bertz CT molecular complexity index is 1040. The lowest BCUT2D eigenvalue weighted by Crippen LogP contribution is -2.32. The molecule has 0 atom stereocenters. The molecule has 0 saturated heterocycles. The largest absolute Gasteiger partial charge is 0.493 e. The molecule has 0 radical (unpaired) electrons. The molecular weight excluding hydrogens is 375 g/mol. The van der Waals surface area contributed by atoms with E-state index < -0.39 is 17.5 Å². The van der Waals surface area contributed by atoms with Crippen molar-refractivity contribution in [3.63, 3.8) is 0 Å². The lowest BCUT2D eigenvalue weighted by atomic mass is 10.1. The molecule has 2 aromatic carbocycles. The molecule has 3 rings (SSSR count). The van der Waals surface area contributed by atoms with Crippen molar-refractivity contribution in [1.29, 1.82) is 0 Å². The van der Waals surface area contributed by atoms with E-state index in [-0.39, 0.29) is 11.6 Å². The summed E-state index contributed by atoms with van der Waals surface area (Å²) in [5, 5.41) is 7.53. The highest BCUT2D eigenvalue weighted by Crippen LogP contribution is 2.33. The first-order chi connectivity index (χ1) is 13.7. The zero-order valence-corrected chi connectivity index (χ0v) is 17.0. The Morgan fingerprint density at radius 1 is 1.24 bits per heavy atom. The van der Waals surface area contributed by atoms with Crippen LogP contribution in [0.1, 0.15) is 31.9 Å². The van der Waals surface area contributed by atoms with Crippen molar-refractivity contribution in [1.82, 2.24) is 15.1 Å². The number of nitrogens with zero attached hydrogens (tertiary/aromatic N) is 2. The molecule has 7 nitrogen and oxygen atoms in total. The van der Waals surface area contributed by atoms with Crippen LogP contribution in [-0.4, -0.2) is 28.6 Å². The number of hydrogen-bond acceptors (Lipinski definition) is 5. The predicted molar refractivity (Wildman–Crippen MR) is 109 cm³/mol. The maximum absolute atomic E-state index is 14.0. The summed E-state index contributed by atoms with van der Waals surface area (Å²) in [6, 6.07) is 10.7. The van der Waals surface area contributed by atoms with E-state index in [1.807, 2.05) is 45.0 Å². The number of carbonyl (C=O) groups is 1. The van der Waals surface area contributed by atoms with Gasteiger partial charge in [-0.25, -0.2) is 9.18 Å². The summed E-state index contributed by atoms with van der Waals surface area (Å²) in [7, 11) is 1.40. The monoisotopic (exact) mass is 400 g/mol. The summed E-state index contributed by atoms with van der Waals surface area (Å²) in [6.07, 6.45) is -0.470. The molecule has 1 amide bonds. The van der Waals surface area contributed by atoms with Gasteiger partial charge in [0.15, 0.2) is 17.4 Å². The number of aromatic nitrogens is 2. The van der Waals surface area contributed by atoms with Gasteiger partial charge in [0, 0.05) is 6.54 Å². The number of nitrogens with one attached hydrogen (secondary N) is 1. The van der Waals surface area contributed by atoms with Crippen LogP contribution >= 0.6 is 0 Å². The van der Waals surface area contributed by atoms with Crippen molar-refractivity contribution < 1.29 is 18.7 Å². The third kappa shape index (κ3) is 4.77. The number of ether oxygens (including phenoxy) is 2. The Morgan fingerprint density at radius 2 is 1.97 bits per heavy atom. The van der Waals surface area contributed by atoms with E-state index in [0.717, 1.165) is 11.1 Å². The normalized spacial score (nSPS) is 11.5. The Labute approximate surface area is 168 Å². The first-order valence-corrected chi connectivity index (χ1v) is 9.21. The van der Waals surface area contributed by atoms with Crippen molar-refractivity contribution in [2.24, 2.45) is 0 Å². The number of alkyl carbamates (subject to hydrolysis) is 1. The quantitative estimate of drug-likeness (QED) is 0.679. The van der Waals surface area contributed by atoms with Crippen LogP contribution in [0.2, 0.25) is 0 Å². The van der Waals surface area contributed by atoms with Crippen LogP contribution in [0.3, 0.4) is 0 Å². The van der Waals surface area contributed by atoms with E-state index in [2.05, 4.69) is 10.4 Å². The second kappa shape index (κ2) is 7.98. The van der Waals surface area contributed by atoms with E-state index in [1.165, 1.54) is 13.2 Å². The van der Waals surface area contributed by atoms with Crippen LogP contribution in [0.5, 0.6) is 5.75 Å². The number of halogens is 1. The third-order valence-electron chi connectivity index (χ3n) is 4.21. The summed E-state index contributed by atoms with van der Waals surface area (Å²) in [6.45, 7) is 6.21. The lowest BCUT2D eigenvalue weighted by molar-refractivity contribution is 0.0523. The Balaban J connectivity index is 1.78. The van der Waals surface area contributed by atoms with E-state index >= 15 is 0 Å². The molecule has 3 N–H and O–H groups in total. The molecule has 1 heterocycles. The lowest BCUT2D eigenvalue weighted by Gasteiger charge is -2.19. The fraction of sp³-hybridized carbons (Fsp3) is 0.333. The second-order valence-corrected chi connectivity index (χ2v) is 7.69. The minimum Gasteiger partial charge on any atom is -0.493 e. The van der Waals surface area contributed by atoms with Crippen molar-refractivity contribution in [2.45, 2.75) is 39.5 Å². The fourth-order valence-electron chi connectivity index (χ4n) is 3.06. The second-order valence-electron chi connectivity index (χ2n) is 7.69. The predicted octanol–water partition coefficient (Wildman–Crippen LogP) is 3.84. The van der Waals surface area contributed by atoms with E-state index in [9.17, 15) is 9.18 Å². The van der Waals surface area contributed by atoms with Gasteiger partial charge in [0.2, 0.25) is 0 Å². The first-order valence-electron chi connectivity index (χ1n) is 9.21. The molecule has 154 valence electrons. The number of rotatable bonds is 5. The number of hydrogen-bond donors (Lipinski definition) is 2. The van der Waals surface area contributed by atoms with Gasteiger partial charge in [-0.2, -0.15) is 5.10 Å². The maximum atomic E-state index is 14.0. The molecule has 0 bridgehead atoms. The third-order valence-corrected chi connectivity index (χ3v) is 4.21. The van der Waals surface area contributed by atoms with Gasteiger partial charge >= 0.3 is 6.09 Å². The van der Waals surface area contributed by atoms with Crippen LogP contribution in [0.15, 0.2) is 36.4 Å². The average molecular weight is 400 g/mol. The number of anilines is 1. The number of methoxy groups -OCH3 is 1. The zero-order valence-electron chi connectivity index (χ0n) is 17.0. The van der Waals surface area contributed by atoms with Gasteiger partial charge in [0.05, 0.1) is 24.6 Å². The summed E-state index contributed by atoms with van der Waals surface area (Å²) < 4.78 is 26.1. The number of amides is 1. The van der Waals surface area contributed by atoms with Gasteiger partial charge in [-0.15, -0.1) is 0 Å². The molecular formula is C21H25FN4O3. The van der Waals surface area contributed by atoms with Crippen LogP contribution in [0, 0.1) is 5.82 Å². The molecule has 1 aromatic heterocycles. The van der Waals surface area contributed by atoms with Crippen LogP contribution in [-0.2, 0) is 17.8 Å². The standard InChI is InChI=1S/C21H25FN4O3/c1-21(2,3)29-20(27)24-11-13-6-5-7-14(10-13)12-26-16-9-8-15(22)18(28-4)17(16)19(23)25-26/h5-10H,11-12H2,1-4H3,(H2,23,25)(H,24,27). The van der Waals surface area contributed by atoms with Crippen LogP contribution < -0.4 is 15.8 Å². The minimum absolute atomic E-state index is 0.0848. The van der Waals surface area contributed by atoms with E-state index in [0.29, 0.717) is 24.0 Å². The average Bonchev–Trinajstić information content (AvgIpc) is 2.94. The molecule has 0 aliphatic rings. The zero-order chi connectivity index (χ0) is 21.2. The SMILES string of the molecule is COc1c(F)ccc2c1c(N)nn2Cc1cccc(CNC(=O)OC(C)(C)C)c1. The summed E-state index contributed by atoms with van der Waals surface area (Å²) in [5.41, 5.74) is 8.01. The van der Waals surface area contributed by atoms with Crippen molar-refractivity contribution in [3.05, 3.63) is 53.3 Å². The summed E-state index contributed by atoms with van der Waals surface area (Å²) in [5.74, 6) is -0.192. The number of fused-ring (bicyclic) bond motifs is 1. The van der Waals surface area contributed by atoms with Gasteiger partial charge in [-0.1, -0.05) is 24.3 Å². The van der Waals surface area contributed by atoms with Gasteiger partial charge in [0.1, 0.15) is 5.60 Å². The number of nitrogens with two attached hydrogens (primary N) is 1. The molecule has 8 heteroatoms. The molecule has 0 fully saturated rings. The molecule has 0 saturated carbocycles. The number of benzene rings is 2. The smallest absolute Gasteiger partial charge is 0.407 e. The van der Waals surface area contributed by atoms with Crippen molar-refractivity contribution >= 4 is 22.8 Å². The number of nitrogen functional groups attached to an aromatic ring is 1. The topological polar surface area (TPSA) is 91.4 Å². The number of carbonyl (C=O) groups excluding carboxylic acids is 1. The molecule has 0 aliphatic carbocycles. The van der Waals surface area contributed by atoms with Gasteiger partial charge < -0.3 is 20.5 Å². The fourth-order valence-corrected chi connectivity index (χ4v) is 3.06. The first kappa shape index (κ1) is 20.4. The highest BCUT2D eigenvalue weighted by molar-refractivity contribution is 5.95.